The van der Waals surface area contributed by atoms with Gasteiger partial charge in [-0.2, -0.15) is 14.7 Å². The van der Waals surface area contributed by atoms with E-state index in [2.05, 4.69) is 0 Å². The van der Waals surface area contributed by atoms with Crippen molar-refractivity contribution in [3.8, 4) is 0 Å². The van der Waals surface area contributed by atoms with Crippen LogP contribution in [0.25, 0.3) is 0 Å². The van der Waals surface area contributed by atoms with Crippen LogP contribution in [0.3, 0.4) is 0 Å². The summed E-state index contributed by atoms with van der Waals surface area (Å²) in [4.78, 5) is 63.4. The Morgan fingerprint density at radius 1 is 0.692 bits per heavy atom. The molecule has 0 radical (unpaired) electrons. The summed E-state index contributed by atoms with van der Waals surface area (Å²) in [5, 5.41) is 0. The molecule has 0 unspecified atom stereocenters. The van der Waals surface area contributed by atoms with Crippen LogP contribution in [-0.2, 0) is 21.1 Å². The summed E-state index contributed by atoms with van der Waals surface area (Å²) < 4.78 is 0. The SMILES string of the molecule is O.O.[Mo+2].[O-][P+](O)(O)O.[O-][P+]([O-])([O-])O. The van der Waals surface area contributed by atoms with Gasteiger partial charge >= 0.3 is 29.2 Å². The molecule has 13 heavy (non-hydrogen) atoms. The van der Waals surface area contributed by atoms with Crippen molar-refractivity contribution in [2.75, 3.05) is 0 Å². The first kappa shape index (κ1) is 29.2. The number of hydrogen-bond acceptors (Lipinski definition) is 8. The van der Waals surface area contributed by atoms with Gasteiger partial charge in [0.25, 0.3) is 0 Å². The summed E-state index contributed by atoms with van der Waals surface area (Å²) >= 11 is 0. The van der Waals surface area contributed by atoms with Crippen molar-refractivity contribution in [2.24, 2.45) is 0 Å². The Bertz CT molecular complexity index is 55.9. The van der Waals surface area contributed by atoms with Crippen molar-refractivity contribution < 1.29 is 71.2 Å². The maximum atomic E-state index is 8.88. The van der Waals surface area contributed by atoms with E-state index in [1.54, 1.807) is 0 Å². The average molecular weight is 326 g/mol. The van der Waals surface area contributed by atoms with Crippen LogP contribution in [-0.4, -0.2) is 30.5 Å². The van der Waals surface area contributed by atoms with Gasteiger partial charge in [-0.05, 0) is 8.17 Å². The minimum absolute atomic E-state index is 0. The van der Waals surface area contributed by atoms with Crippen molar-refractivity contribution in [3.63, 3.8) is 0 Å². The summed E-state index contributed by atoms with van der Waals surface area (Å²) in [5.74, 6) is 0. The third-order valence-electron chi connectivity index (χ3n) is 0. The molecule has 0 heterocycles. The van der Waals surface area contributed by atoms with Gasteiger partial charge in [0, 0.05) is 0 Å². The molecule has 0 aliphatic rings. The molecule has 0 saturated heterocycles. The Kier molecular flexibility index (Phi) is 25.2. The van der Waals surface area contributed by atoms with Crippen molar-refractivity contribution in [1.29, 1.82) is 0 Å². The van der Waals surface area contributed by atoms with Gasteiger partial charge in [0.05, 0.1) is 0 Å². The molecule has 10 nitrogen and oxygen atoms in total. The molecule has 0 rings (SSSR count). The predicted molar refractivity (Wildman–Crippen MR) is 29.9 cm³/mol. The molecule has 0 aromatic rings. The number of hydrogen-bond donors (Lipinski definition) is 4. The molecule has 0 aromatic carbocycles. The number of rotatable bonds is 0. The molecule has 13 heteroatoms. The van der Waals surface area contributed by atoms with Gasteiger partial charge in [-0.25, -0.2) is 0 Å². The predicted octanol–water partition coefficient (Wildman–Crippen LogP) is -6.91. The van der Waals surface area contributed by atoms with E-state index in [9.17, 15) is 0 Å². The minimum Gasteiger partial charge on any atom is -0.663 e. The van der Waals surface area contributed by atoms with Crippen molar-refractivity contribution in [1.82, 2.24) is 0 Å². The second kappa shape index (κ2) is 11.2. The fraction of sp³-hybridized carbons (Fsp3) is 0. The van der Waals surface area contributed by atoms with Crippen LogP contribution in [0.15, 0.2) is 0 Å². The van der Waals surface area contributed by atoms with Crippen LogP contribution in [0, 0.1) is 0 Å². The fourth-order valence-electron chi connectivity index (χ4n) is 0. The van der Waals surface area contributed by atoms with Gasteiger partial charge < -0.3 is 30.5 Å². The molecular weight excluding hydrogens is 318 g/mol. The van der Waals surface area contributed by atoms with E-state index >= 15 is 0 Å². The molecular formula is H8MoO10P2. The van der Waals surface area contributed by atoms with E-state index in [1.165, 1.54) is 0 Å². The molecule has 0 spiro atoms. The van der Waals surface area contributed by atoms with E-state index in [0.717, 1.165) is 0 Å². The zero-order valence-corrected chi connectivity index (χ0v) is 9.52. The minimum atomic E-state index is -5.14. The molecule has 0 aliphatic carbocycles. The van der Waals surface area contributed by atoms with Crippen molar-refractivity contribution in [3.05, 3.63) is 0 Å². The van der Waals surface area contributed by atoms with Crippen LogP contribution in [0.5, 0.6) is 0 Å². The monoisotopic (exact) mass is 328 g/mol. The first-order chi connectivity index (χ1) is 4.00. The Hall–Kier alpha value is 1.15. The first-order valence-electron chi connectivity index (χ1n) is 1.53. The Labute approximate surface area is 87.9 Å². The molecule has 0 aliphatic heterocycles. The fourth-order valence-corrected chi connectivity index (χ4v) is 0. The Morgan fingerprint density at radius 3 is 0.692 bits per heavy atom. The van der Waals surface area contributed by atoms with E-state index in [4.69, 9.17) is 39.1 Å². The van der Waals surface area contributed by atoms with Gasteiger partial charge in [0.15, 0.2) is 0 Å². The zero-order valence-electron chi connectivity index (χ0n) is 5.72. The Morgan fingerprint density at radius 2 is 0.692 bits per heavy atom. The second-order valence-corrected chi connectivity index (χ2v) is 2.95. The van der Waals surface area contributed by atoms with Crippen LogP contribution < -0.4 is 19.6 Å². The summed E-state index contributed by atoms with van der Waals surface area (Å²) in [5.41, 5.74) is 0. The maximum Gasteiger partial charge on any atom is 2.00 e. The molecule has 0 bridgehead atoms. The van der Waals surface area contributed by atoms with Gasteiger partial charge in [0.1, 0.15) is 0 Å². The van der Waals surface area contributed by atoms with Crippen molar-refractivity contribution in [2.45, 2.75) is 0 Å². The molecule has 0 amide bonds. The Balaban J connectivity index is -0.0000000267. The third kappa shape index (κ3) is 1240. The van der Waals surface area contributed by atoms with Gasteiger partial charge in [0.2, 0.25) is 0 Å². The van der Waals surface area contributed by atoms with Crippen LogP contribution in [0.2, 0.25) is 0 Å². The summed E-state index contributed by atoms with van der Waals surface area (Å²) in [7, 11) is -9.78. The second-order valence-electron chi connectivity index (χ2n) is 0.982. The molecule has 8 N–H and O–H groups in total. The van der Waals surface area contributed by atoms with Crippen molar-refractivity contribution >= 4 is 16.3 Å². The summed E-state index contributed by atoms with van der Waals surface area (Å²) in [6, 6.07) is 0. The molecule has 84 valence electrons. The molecule has 0 fully saturated rings. The largest absolute Gasteiger partial charge is 2.00 e. The van der Waals surface area contributed by atoms with E-state index in [-0.39, 0.29) is 32.0 Å². The van der Waals surface area contributed by atoms with Crippen LogP contribution in [0.1, 0.15) is 0 Å². The zero-order chi connectivity index (χ0) is 9.00. The van der Waals surface area contributed by atoms with E-state index in [0.29, 0.717) is 0 Å². The van der Waals surface area contributed by atoms with Crippen LogP contribution >= 0.6 is 16.3 Å². The van der Waals surface area contributed by atoms with E-state index < -0.39 is 16.3 Å². The maximum absolute atomic E-state index is 8.88. The number of phosphoric acid groups is 2. The first-order valence-corrected chi connectivity index (χ1v) is 4.59. The normalized spacial score (nSPS) is 9.23. The van der Waals surface area contributed by atoms with Crippen LogP contribution in [0.4, 0.5) is 0 Å². The third-order valence-corrected chi connectivity index (χ3v) is 0. The molecule has 0 saturated carbocycles. The summed E-state index contributed by atoms with van der Waals surface area (Å²) in [6.45, 7) is 0. The van der Waals surface area contributed by atoms with E-state index in [1.807, 2.05) is 0 Å². The van der Waals surface area contributed by atoms with Gasteiger partial charge in [-0.15, -0.1) is 0 Å². The molecule has 0 atom stereocenters. The smallest absolute Gasteiger partial charge is 0.663 e. The topological polar surface area (TPSA) is 236 Å². The standard InChI is InChI=1S/Mo.2H3O4P.2H2O/c;2*1-5(2,3)4;;/h;2*(H3,1,2,3,4);2*1H2/q+2;;;;/p-2. The summed E-state index contributed by atoms with van der Waals surface area (Å²) in [6.07, 6.45) is 0. The van der Waals surface area contributed by atoms with Gasteiger partial charge in [-0.3, -0.25) is 4.89 Å². The van der Waals surface area contributed by atoms with Gasteiger partial charge in [-0.1, -0.05) is 0 Å². The average Bonchev–Trinajstić information content (AvgIpc) is 1.12. The quantitative estimate of drug-likeness (QED) is 0.246. The molecule has 0 aromatic heterocycles.